The van der Waals surface area contributed by atoms with Gasteiger partial charge in [-0.05, 0) is 45.6 Å². The lowest BCUT2D eigenvalue weighted by Crippen LogP contribution is -2.38. The maximum atomic E-state index is 11.3. The molecule has 4 aromatic rings. The molecule has 1 aliphatic carbocycles. The third-order valence-electron chi connectivity index (χ3n) is 6.85. The van der Waals surface area contributed by atoms with E-state index in [-0.39, 0.29) is 18.0 Å². The summed E-state index contributed by atoms with van der Waals surface area (Å²) in [5.74, 6) is 1.42. The van der Waals surface area contributed by atoms with Gasteiger partial charge in [0.15, 0.2) is 17.2 Å². The molecule has 2 N–H and O–H groups in total. The summed E-state index contributed by atoms with van der Waals surface area (Å²) in [5.41, 5.74) is 3.57. The Hall–Kier alpha value is -4.46. The van der Waals surface area contributed by atoms with Crippen LogP contribution in [0.1, 0.15) is 56.7 Å². The second-order valence-electron chi connectivity index (χ2n) is 9.71. The van der Waals surface area contributed by atoms with Gasteiger partial charge in [0.1, 0.15) is 6.07 Å². The van der Waals surface area contributed by atoms with E-state index in [0.29, 0.717) is 22.8 Å². The van der Waals surface area contributed by atoms with Crippen LogP contribution in [0.15, 0.2) is 41.3 Å². The number of fused-ring (bicyclic) bond motifs is 1. The van der Waals surface area contributed by atoms with E-state index in [1.165, 1.54) is 11.1 Å². The maximum absolute atomic E-state index is 11.3. The Kier molecular flexibility index (Phi) is 6.48. The average Bonchev–Trinajstić information content (AvgIpc) is 3.55. The number of nitrogens with zero attached hydrogens (tertiary/aromatic N) is 7. The fourth-order valence-electron chi connectivity index (χ4n) is 4.86. The number of hydrogen-bond acceptors (Lipinski definition) is 8. The van der Waals surface area contributed by atoms with Crippen LogP contribution in [-0.4, -0.2) is 60.1 Å². The average molecular weight is 501 g/mol. The van der Waals surface area contributed by atoms with Gasteiger partial charge >= 0.3 is 6.09 Å². The zero-order valence-corrected chi connectivity index (χ0v) is 20.9. The van der Waals surface area contributed by atoms with Gasteiger partial charge in [0, 0.05) is 55.0 Å². The standard InChI is InChI=1S/C26H28N8O3/c1-15(2)31-22-10-24(34-25-18(13-30-34)8-16(11-27)12-29-25)28-14-20(22)23-9-21(32-37-23)17-4-6-19(7-5-17)33(3)26(35)36/h8-10,12-15,17,19H,4-7H2,1-3H3,(H,28,31)(H,35,36). The molecule has 0 atom stereocenters. The van der Waals surface area contributed by atoms with Crippen LogP contribution in [-0.2, 0) is 0 Å². The van der Waals surface area contributed by atoms with Gasteiger partial charge in [-0.3, -0.25) is 0 Å². The highest BCUT2D eigenvalue weighted by atomic mass is 16.5. The second kappa shape index (κ2) is 9.89. The first kappa shape index (κ1) is 24.2. The smallest absolute Gasteiger partial charge is 0.407 e. The summed E-state index contributed by atoms with van der Waals surface area (Å²) in [4.78, 5) is 21.7. The Bertz CT molecular complexity index is 1480. The molecule has 1 amide bonds. The molecule has 37 heavy (non-hydrogen) atoms. The summed E-state index contributed by atoms with van der Waals surface area (Å²) in [6, 6.07) is 7.90. The molecule has 1 saturated carbocycles. The third-order valence-corrected chi connectivity index (χ3v) is 6.85. The SMILES string of the molecule is CC(C)Nc1cc(-n2ncc3cc(C#N)cnc32)ncc1-c1cc(C2CCC(N(C)C(=O)O)CC2)no1. The number of hydrogen-bond donors (Lipinski definition) is 2. The molecule has 0 unspecified atom stereocenters. The van der Waals surface area contributed by atoms with E-state index in [1.807, 2.05) is 12.1 Å². The van der Waals surface area contributed by atoms with E-state index in [9.17, 15) is 9.90 Å². The van der Waals surface area contributed by atoms with Gasteiger partial charge in [-0.15, -0.1) is 0 Å². The van der Waals surface area contributed by atoms with Crippen molar-refractivity contribution in [3.8, 4) is 23.2 Å². The number of anilines is 1. The fraction of sp³-hybridized carbons (Fsp3) is 0.385. The van der Waals surface area contributed by atoms with Crippen LogP contribution >= 0.6 is 0 Å². The number of rotatable bonds is 6. The molecule has 0 radical (unpaired) electrons. The van der Waals surface area contributed by atoms with Crippen molar-refractivity contribution >= 4 is 22.8 Å². The largest absolute Gasteiger partial charge is 0.465 e. The Morgan fingerprint density at radius 2 is 1.97 bits per heavy atom. The topological polar surface area (TPSA) is 146 Å². The molecule has 0 saturated heterocycles. The minimum Gasteiger partial charge on any atom is -0.465 e. The van der Waals surface area contributed by atoms with Crippen LogP contribution in [0, 0.1) is 11.3 Å². The van der Waals surface area contributed by atoms with E-state index in [1.54, 1.807) is 30.2 Å². The molecule has 4 heterocycles. The van der Waals surface area contributed by atoms with Gasteiger partial charge in [0.25, 0.3) is 0 Å². The Labute approximate surface area is 213 Å². The Morgan fingerprint density at radius 1 is 1.19 bits per heavy atom. The molecule has 0 aliphatic heterocycles. The van der Waals surface area contributed by atoms with Crippen molar-refractivity contribution < 1.29 is 14.4 Å². The first-order valence-electron chi connectivity index (χ1n) is 12.3. The summed E-state index contributed by atoms with van der Waals surface area (Å²) in [5, 5.41) is 31.4. The minimum absolute atomic E-state index is 0.0399. The van der Waals surface area contributed by atoms with Gasteiger partial charge in [0.2, 0.25) is 0 Å². The van der Waals surface area contributed by atoms with Gasteiger partial charge in [0.05, 0.1) is 28.7 Å². The van der Waals surface area contributed by atoms with E-state index in [0.717, 1.165) is 48.0 Å². The summed E-state index contributed by atoms with van der Waals surface area (Å²) in [6.07, 6.45) is 7.34. The minimum atomic E-state index is -0.890. The van der Waals surface area contributed by atoms with Crippen molar-refractivity contribution in [1.29, 1.82) is 5.26 Å². The normalized spacial score (nSPS) is 17.6. The predicted octanol–water partition coefficient (Wildman–Crippen LogP) is 4.80. The molecule has 0 bridgehead atoms. The van der Waals surface area contributed by atoms with Gasteiger partial charge in [-0.25, -0.2) is 14.8 Å². The van der Waals surface area contributed by atoms with E-state index < -0.39 is 6.09 Å². The molecule has 11 nitrogen and oxygen atoms in total. The maximum Gasteiger partial charge on any atom is 0.407 e. The molecule has 11 heteroatoms. The van der Waals surface area contributed by atoms with Crippen molar-refractivity contribution in [3.63, 3.8) is 0 Å². The lowest BCUT2D eigenvalue weighted by atomic mass is 9.83. The number of nitrogens with one attached hydrogen (secondary N) is 1. The monoisotopic (exact) mass is 500 g/mol. The summed E-state index contributed by atoms with van der Waals surface area (Å²) in [6.45, 7) is 4.10. The molecular weight excluding hydrogens is 472 g/mol. The van der Waals surface area contributed by atoms with Gasteiger partial charge in [-0.1, -0.05) is 5.16 Å². The molecule has 1 aliphatic rings. The van der Waals surface area contributed by atoms with Crippen LogP contribution < -0.4 is 5.32 Å². The number of amides is 1. The van der Waals surface area contributed by atoms with Gasteiger partial charge in [-0.2, -0.15) is 15.0 Å². The zero-order chi connectivity index (χ0) is 26.1. The molecule has 1 fully saturated rings. The van der Waals surface area contributed by atoms with Crippen LogP contribution in [0.3, 0.4) is 0 Å². The first-order valence-corrected chi connectivity index (χ1v) is 12.3. The summed E-state index contributed by atoms with van der Waals surface area (Å²) < 4.78 is 7.41. The first-order chi connectivity index (χ1) is 17.8. The quantitative estimate of drug-likeness (QED) is 0.381. The predicted molar refractivity (Wildman–Crippen MR) is 136 cm³/mol. The van der Waals surface area contributed by atoms with Crippen LogP contribution in [0.25, 0.3) is 28.2 Å². The third kappa shape index (κ3) is 4.82. The molecule has 0 aromatic carbocycles. The zero-order valence-electron chi connectivity index (χ0n) is 20.9. The highest BCUT2D eigenvalue weighted by Gasteiger charge is 2.29. The number of carboxylic acid groups (broad SMARTS) is 1. The second-order valence-corrected chi connectivity index (χ2v) is 9.71. The van der Waals surface area contributed by atoms with Crippen LogP contribution in [0.4, 0.5) is 10.5 Å². The van der Waals surface area contributed by atoms with E-state index >= 15 is 0 Å². The molecule has 0 spiro atoms. The number of pyridine rings is 2. The van der Waals surface area contributed by atoms with Crippen molar-refractivity contribution in [3.05, 3.63) is 48.0 Å². The molecular formula is C26H28N8O3. The highest BCUT2D eigenvalue weighted by molar-refractivity contribution is 5.79. The van der Waals surface area contributed by atoms with Crippen LogP contribution in [0.2, 0.25) is 0 Å². The summed E-state index contributed by atoms with van der Waals surface area (Å²) in [7, 11) is 1.63. The van der Waals surface area contributed by atoms with E-state index in [2.05, 4.69) is 45.5 Å². The van der Waals surface area contributed by atoms with Crippen molar-refractivity contribution in [2.75, 3.05) is 12.4 Å². The fourth-order valence-corrected chi connectivity index (χ4v) is 4.86. The molecule has 190 valence electrons. The molecule has 4 aromatic heterocycles. The number of nitriles is 1. The van der Waals surface area contributed by atoms with Crippen LogP contribution in [0.5, 0.6) is 0 Å². The Balaban J connectivity index is 1.42. The lowest BCUT2D eigenvalue weighted by molar-refractivity contribution is 0.123. The highest BCUT2D eigenvalue weighted by Crippen LogP contribution is 2.37. The summed E-state index contributed by atoms with van der Waals surface area (Å²) >= 11 is 0. The number of aromatic nitrogens is 5. The number of carbonyl (C=O) groups is 1. The van der Waals surface area contributed by atoms with E-state index in [4.69, 9.17) is 9.78 Å². The Morgan fingerprint density at radius 3 is 2.68 bits per heavy atom. The van der Waals surface area contributed by atoms with Crippen molar-refractivity contribution in [1.82, 2.24) is 29.8 Å². The molecule has 5 rings (SSSR count). The van der Waals surface area contributed by atoms with Gasteiger partial charge < -0.3 is 19.8 Å². The lowest BCUT2D eigenvalue weighted by Gasteiger charge is -2.32. The van der Waals surface area contributed by atoms with Crippen molar-refractivity contribution in [2.24, 2.45) is 0 Å². The van der Waals surface area contributed by atoms with Crippen molar-refractivity contribution in [2.45, 2.75) is 57.5 Å².